The fourth-order valence-corrected chi connectivity index (χ4v) is 2.28. The number of nitrogens with zero attached hydrogens (tertiary/aromatic N) is 1. The summed E-state index contributed by atoms with van der Waals surface area (Å²) in [4.78, 5) is 2.45. The van der Waals surface area contributed by atoms with Crippen LogP contribution in [0.15, 0.2) is 0 Å². The van der Waals surface area contributed by atoms with Crippen molar-refractivity contribution >= 4 is 15.9 Å². The smallest absolute Gasteiger partial charge is 0.0541 e. The van der Waals surface area contributed by atoms with Gasteiger partial charge in [-0.05, 0) is 38.8 Å². The largest absolute Gasteiger partial charge is 0.393 e. The molecule has 0 spiro atoms. The summed E-state index contributed by atoms with van der Waals surface area (Å²) in [6.45, 7) is 5.36. The van der Waals surface area contributed by atoms with Gasteiger partial charge in [0.25, 0.3) is 0 Å². The Morgan fingerprint density at radius 2 is 2.08 bits per heavy atom. The zero-order valence-electron chi connectivity index (χ0n) is 7.67. The van der Waals surface area contributed by atoms with Crippen LogP contribution in [0.4, 0.5) is 0 Å². The first-order valence-electron chi connectivity index (χ1n) is 4.70. The van der Waals surface area contributed by atoms with E-state index in [1.165, 1.54) is 0 Å². The Morgan fingerprint density at radius 3 is 2.50 bits per heavy atom. The minimum Gasteiger partial charge on any atom is -0.393 e. The summed E-state index contributed by atoms with van der Waals surface area (Å²) in [7, 11) is 0. The van der Waals surface area contributed by atoms with Gasteiger partial charge in [0.05, 0.1) is 6.10 Å². The molecular formula is C9H18BrNO. The Labute approximate surface area is 83.1 Å². The minimum absolute atomic E-state index is 0.115. The van der Waals surface area contributed by atoms with Crippen LogP contribution in [0.5, 0.6) is 0 Å². The maximum Gasteiger partial charge on any atom is 0.0541 e. The third-order valence-electron chi connectivity index (χ3n) is 2.72. The molecule has 1 unspecified atom stereocenters. The Morgan fingerprint density at radius 1 is 1.50 bits per heavy atom. The Hall–Kier alpha value is 0.400. The average molecular weight is 236 g/mol. The molecule has 3 heteroatoms. The number of hydrogen-bond donors (Lipinski definition) is 1. The molecule has 72 valence electrons. The molecule has 1 fully saturated rings. The van der Waals surface area contributed by atoms with Crippen LogP contribution in [0, 0.1) is 5.92 Å². The van der Waals surface area contributed by atoms with Crippen LogP contribution in [-0.4, -0.2) is 41.1 Å². The molecule has 1 saturated heterocycles. The molecule has 0 aromatic carbocycles. The zero-order chi connectivity index (χ0) is 8.97. The summed E-state index contributed by atoms with van der Waals surface area (Å²) >= 11 is 3.44. The molecule has 1 rings (SSSR count). The predicted octanol–water partition coefficient (Wildman–Crippen LogP) is 1.47. The van der Waals surface area contributed by atoms with E-state index in [2.05, 4.69) is 20.8 Å². The van der Waals surface area contributed by atoms with Crippen LogP contribution in [0.25, 0.3) is 0 Å². The van der Waals surface area contributed by atoms with Crippen molar-refractivity contribution < 1.29 is 5.11 Å². The number of aliphatic hydroxyl groups excluding tert-OH is 1. The number of hydrogen-bond acceptors (Lipinski definition) is 2. The van der Waals surface area contributed by atoms with Crippen molar-refractivity contribution in [3.63, 3.8) is 0 Å². The van der Waals surface area contributed by atoms with Gasteiger partial charge in [-0.3, -0.25) is 0 Å². The molecule has 12 heavy (non-hydrogen) atoms. The van der Waals surface area contributed by atoms with Gasteiger partial charge in [0.2, 0.25) is 0 Å². The lowest BCUT2D eigenvalue weighted by atomic mass is 9.92. The number of likely N-dealkylation sites (tertiary alicyclic amines) is 1. The van der Waals surface area contributed by atoms with Gasteiger partial charge < -0.3 is 10.0 Å². The van der Waals surface area contributed by atoms with E-state index in [0.29, 0.717) is 5.92 Å². The fourth-order valence-electron chi connectivity index (χ4n) is 1.78. The molecule has 0 bridgehead atoms. The first-order valence-corrected chi connectivity index (χ1v) is 5.82. The van der Waals surface area contributed by atoms with Crippen LogP contribution >= 0.6 is 15.9 Å². The van der Waals surface area contributed by atoms with Crippen LogP contribution in [0.1, 0.15) is 19.8 Å². The lowest BCUT2D eigenvalue weighted by Gasteiger charge is -2.32. The molecule has 1 aliphatic rings. The van der Waals surface area contributed by atoms with Crippen molar-refractivity contribution in [1.29, 1.82) is 0 Å². The average Bonchev–Trinajstić information content (AvgIpc) is 2.06. The quantitative estimate of drug-likeness (QED) is 0.750. The lowest BCUT2D eigenvalue weighted by Crippen LogP contribution is -2.37. The lowest BCUT2D eigenvalue weighted by molar-refractivity contribution is 0.0741. The van der Waals surface area contributed by atoms with E-state index in [1.54, 1.807) is 0 Å². The van der Waals surface area contributed by atoms with Gasteiger partial charge in [-0.2, -0.15) is 0 Å². The fraction of sp³-hybridized carbons (Fsp3) is 1.00. The molecule has 0 saturated carbocycles. The summed E-state index contributed by atoms with van der Waals surface area (Å²) < 4.78 is 0. The number of piperidine rings is 1. The predicted molar refractivity (Wildman–Crippen MR) is 54.6 cm³/mol. The van der Waals surface area contributed by atoms with Crippen molar-refractivity contribution in [2.24, 2.45) is 5.92 Å². The first kappa shape index (κ1) is 10.5. The van der Waals surface area contributed by atoms with E-state index in [0.717, 1.165) is 37.8 Å². The van der Waals surface area contributed by atoms with Crippen molar-refractivity contribution in [3.05, 3.63) is 0 Å². The summed E-state index contributed by atoms with van der Waals surface area (Å²) in [6, 6.07) is 0. The number of alkyl halides is 1. The molecule has 0 aliphatic carbocycles. The van der Waals surface area contributed by atoms with E-state index in [4.69, 9.17) is 0 Å². The summed E-state index contributed by atoms with van der Waals surface area (Å²) in [5.41, 5.74) is 0. The van der Waals surface area contributed by atoms with Crippen LogP contribution < -0.4 is 0 Å². The summed E-state index contributed by atoms with van der Waals surface area (Å²) in [5, 5.41) is 10.4. The van der Waals surface area contributed by atoms with Gasteiger partial charge in [-0.25, -0.2) is 0 Å². The Bertz CT molecular complexity index is 122. The first-order chi connectivity index (χ1) is 5.74. The molecule has 0 aromatic heterocycles. The van der Waals surface area contributed by atoms with Crippen molar-refractivity contribution in [3.8, 4) is 0 Å². The van der Waals surface area contributed by atoms with E-state index >= 15 is 0 Å². The molecule has 1 N–H and O–H groups in total. The second-order valence-electron chi connectivity index (χ2n) is 3.61. The molecule has 1 atom stereocenters. The maximum absolute atomic E-state index is 9.37. The summed E-state index contributed by atoms with van der Waals surface area (Å²) in [5.74, 6) is 0.538. The highest BCUT2D eigenvalue weighted by Crippen LogP contribution is 2.20. The summed E-state index contributed by atoms with van der Waals surface area (Å²) in [6.07, 6.45) is 2.20. The standard InChI is InChI=1S/C9H18BrNO/c1-8(12)9-2-5-11(6-3-9)7-4-10/h8-9,12H,2-7H2,1H3. The van der Waals surface area contributed by atoms with Gasteiger partial charge in [0.15, 0.2) is 0 Å². The van der Waals surface area contributed by atoms with Crippen molar-refractivity contribution in [2.45, 2.75) is 25.9 Å². The van der Waals surface area contributed by atoms with Gasteiger partial charge in [-0.15, -0.1) is 0 Å². The molecule has 2 nitrogen and oxygen atoms in total. The van der Waals surface area contributed by atoms with Crippen LogP contribution in [0.2, 0.25) is 0 Å². The Kier molecular flexibility index (Phi) is 4.54. The maximum atomic E-state index is 9.37. The van der Waals surface area contributed by atoms with E-state index in [9.17, 15) is 5.11 Å². The zero-order valence-corrected chi connectivity index (χ0v) is 9.26. The number of aliphatic hydroxyl groups is 1. The SMILES string of the molecule is CC(O)C1CCN(CCBr)CC1. The highest BCUT2D eigenvalue weighted by Gasteiger charge is 2.21. The van der Waals surface area contributed by atoms with Gasteiger partial charge in [-0.1, -0.05) is 15.9 Å². The third kappa shape index (κ3) is 3.04. The number of rotatable bonds is 3. The normalized spacial score (nSPS) is 24.2. The van der Waals surface area contributed by atoms with Crippen molar-refractivity contribution in [1.82, 2.24) is 4.90 Å². The molecular weight excluding hydrogens is 218 g/mol. The topological polar surface area (TPSA) is 23.5 Å². The molecule has 1 aliphatic heterocycles. The third-order valence-corrected chi connectivity index (χ3v) is 3.07. The highest BCUT2D eigenvalue weighted by atomic mass is 79.9. The van der Waals surface area contributed by atoms with Gasteiger partial charge in [0, 0.05) is 11.9 Å². The second-order valence-corrected chi connectivity index (χ2v) is 4.40. The van der Waals surface area contributed by atoms with E-state index in [-0.39, 0.29) is 6.10 Å². The molecule has 1 heterocycles. The molecule has 0 aromatic rings. The van der Waals surface area contributed by atoms with Crippen LogP contribution in [-0.2, 0) is 0 Å². The minimum atomic E-state index is -0.115. The molecule has 0 amide bonds. The monoisotopic (exact) mass is 235 g/mol. The van der Waals surface area contributed by atoms with Gasteiger partial charge >= 0.3 is 0 Å². The van der Waals surface area contributed by atoms with Crippen molar-refractivity contribution in [2.75, 3.05) is 25.0 Å². The van der Waals surface area contributed by atoms with Gasteiger partial charge in [0.1, 0.15) is 0 Å². The molecule has 0 radical (unpaired) electrons. The van der Waals surface area contributed by atoms with E-state index in [1.807, 2.05) is 6.92 Å². The number of halogens is 1. The van der Waals surface area contributed by atoms with E-state index < -0.39 is 0 Å². The Balaban J connectivity index is 2.20. The second kappa shape index (κ2) is 5.20. The highest BCUT2D eigenvalue weighted by molar-refractivity contribution is 9.09. The van der Waals surface area contributed by atoms with Crippen LogP contribution in [0.3, 0.4) is 0 Å².